The average molecular weight is 310 g/mol. The SMILES string of the molecule is O=C(O)/C=C/c1ccc(Oc2cccc(Cl)c2Cl)nc1. The third-order valence-electron chi connectivity index (χ3n) is 2.31. The number of halogens is 2. The van der Waals surface area contributed by atoms with Crippen LogP contribution in [-0.2, 0) is 4.79 Å². The van der Waals surface area contributed by atoms with Crippen LogP contribution < -0.4 is 4.74 Å². The molecule has 0 bridgehead atoms. The van der Waals surface area contributed by atoms with Crippen molar-refractivity contribution in [2.45, 2.75) is 0 Å². The molecule has 0 amide bonds. The Morgan fingerprint density at radius 1 is 1.25 bits per heavy atom. The Hall–Kier alpha value is -2.04. The second kappa shape index (κ2) is 6.41. The van der Waals surface area contributed by atoms with Gasteiger partial charge in [0.15, 0.2) is 0 Å². The van der Waals surface area contributed by atoms with Gasteiger partial charge in [-0.05, 0) is 29.8 Å². The summed E-state index contributed by atoms with van der Waals surface area (Å²) in [7, 11) is 0. The van der Waals surface area contributed by atoms with E-state index in [1.807, 2.05) is 0 Å². The predicted molar refractivity (Wildman–Crippen MR) is 77.4 cm³/mol. The third kappa shape index (κ3) is 3.73. The quantitative estimate of drug-likeness (QED) is 0.856. The largest absolute Gasteiger partial charge is 0.478 e. The second-order valence-electron chi connectivity index (χ2n) is 3.76. The van der Waals surface area contributed by atoms with Gasteiger partial charge in [0.1, 0.15) is 10.8 Å². The lowest BCUT2D eigenvalue weighted by atomic mass is 10.2. The Balaban J connectivity index is 2.15. The number of aliphatic carboxylic acids is 1. The Labute approximate surface area is 125 Å². The highest BCUT2D eigenvalue weighted by Gasteiger charge is 2.07. The van der Waals surface area contributed by atoms with E-state index in [2.05, 4.69) is 4.98 Å². The van der Waals surface area contributed by atoms with E-state index >= 15 is 0 Å². The first kappa shape index (κ1) is 14.4. The first-order chi connectivity index (χ1) is 9.56. The van der Waals surface area contributed by atoms with Gasteiger partial charge in [-0.2, -0.15) is 0 Å². The molecule has 4 nitrogen and oxygen atoms in total. The topological polar surface area (TPSA) is 59.4 Å². The van der Waals surface area contributed by atoms with E-state index in [4.69, 9.17) is 33.0 Å². The third-order valence-corrected chi connectivity index (χ3v) is 3.11. The molecule has 1 heterocycles. The molecule has 0 radical (unpaired) electrons. The molecule has 6 heteroatoms. The molecule has 0 spiro atoms. The van der Waals surface area contributed by atoms with Crippen molar-refractivity contribution in [3.63, 3.8) is 0 Å². The molecule has 2 rings (SSSR count). The standard InChI is InChI=1S/C14H9Cl2NO3/c15-10-2-1-3-11(14(10)16)20-12-6-4-9(8-17-12)5-7-13(18)19/h1-8H,(H,18,19)/b7-5+. The van der Waals surface area contributed by atoms with Crippen LogP contribution in [0.1, 0.15) is 5.56 Å². The molecule has 0 saturated heterocycles. The molecule has 0 aliphatic heterocycles. The van der Waals surface area contributed by atoms with Crippen LogP contribution in [0.25, 0.3) is 6.08 Å². The molecular weight excluding hydrogens is 301 g/mol. The summed E-state index contributed by atoms with van der Waals surface area (Å²) in [5.74, 6) is -0.279. The fourth-order valence-corrected chi connectivity index (χ4v) is 1.72. The van der Waals surface area contributed by atoms with Gasteiger partial charge >= 0.3 is 5.97 Å². The van der Waals surface area contributed by atoms with Crippen LogP contribution in [0.15, 0.2) is 42.6 Å². The fourth-order valence-electron chi connectivity index (χ4n) is 1.39. The van der Waals surface area contributed by atoms with Crippen LogP contribution in [0.4, 0.5) is 0 Å². The molecule has 102 valence electrons. The number of carboxylic acid groups (broad SMARTS) is 1. The van der Waals surface area contributed by atoms with Gasteiger partial charge in [-0.15, -0.1) is 0 Å². The second-order valence-corrected chi connectivity index (χ2v) is 4.54. The average Bonchev–Trinajstić information content (AvgIpc) is 2.43. The van der Waals surface area contributed by atoms with Gasteiger partial charge in [0.05, 0.1) is 5.02 Å². The summed E-state index contributed by atoms with van der Waals surface area (Å²) in [6.45, 7) is 0. The Morgan fingerprint density at radius 3 is 2.70 bits per heavy atom. The lowest BCUT2D eigenvalue weighted by Gasteiger charge is -2.07. The molecule has 0 aliphatic carbocycles. The first-order valence-electron chi connectivity index (χ1n) is 5.55. The highest BCUT2D eigenvalue weighted by molar-refractivity contribution is 6.42. The summed E-state index contributed by atoms with van der Waals surface area (Å²) in [5, 5.41) is 9.23. The van der Waals surface area contributed by atoms with Crippen molar-refractivity contribution in [3.8, 4) is 11.6 Å². The van der Waals surface area contributed by atoms with Gasteiger partial charge < -0.3 is 9.84 Å². The number of pyridine rings is 1. The molecule has 1 N–H and O–H groups in total. The number of nitrogens with zero attached hydrogens (tertiary/aromatic N) is 1. The van der Waals surface area contributed by atoms with Crippen LogP contribution in [-0.4, -0.2) is 16.1 Å². The molecule has 1 aromatic carbocycles. The summed E-state index contributed by atoms with van der Waals surface area (Å²) >= 11 is 11.9. The summed E-state index contributed by atoms with van der Waals surface area (Å²) < 4.78 is 5.50. The maximum absolute atomic E-state index is 10.4. The molecule has 0 aliphatic rings. The van der Waals surface area contributed by atoms with E-state index in [0.717, 1.165) is 6.08 Å². The van der Waals surface area contributed by atoms with E-state index in [9.17, 15) is 4.79 Å². The van der Waals surface area contributed by atoms with Gasteiger partial charge in [0.25, 0.3) is 0 Å². The summed E-state index contributed by atoms with van der Waals surface area (Å²) in [6.07, 6.45) is 3.96. The first-order valence-corrected chi connectivity index (χ1v) is 6.31. The van der Waals surface area contributed by atoms with E-state index in [0.29, 0.717) is 27.2 Å². The fraction of sp³-hybridized carbons (Fsp3) is 0. The van der Waals surface area contributed by atoms with Gasteiger partial charge in [0.2, 0.25) is 5.88 Å². The Morgan fingerprint density at radius 2 is 2.05 bits per heavy atom. The van der Waals surface area contributed by atoms with Crippen molar-refractivity contribution in [2.24, 2.45) is 0 Å². The highest BCUT2D eigenvalue weighted by Crippen LogP contribution is 2.33. The van der Waals surface area contributed by atoms with Crippen molar-refractivity contribution in [3.05, 3.63) is 58.2 Å². The van der Waals surface area contributed by atoms with Crippen molar-refractivity contribution < 1.29 is 14.6 Å². The molecule has 0 unspecified atom stereocenters. The number of aromatic nitrogens is 1. The molecule has 0 saturated carbocycles. The van der Waals surface area contributed by atoms with Crippen LogP contribution in [0.3, 0.4) is 0 Å². The van der Waals surface area contributed by atoms with E-state index in [1.54, 1.807) is 30.3 Å². The van der Waals surface area contributed by atoms with Crippen molar-refractivity contribution in [1.82, 2.24) is 4.98 Å². The van der Waals surface area contributed by atoms with Crippen molar-refractivity contribution in [1.29, 1.82) is 0 Å². The predicted octanol–water partition coefficient (Wildman–Crippen LogP) is 4.28. The Bertz CT molecular complexity index is 654. The number of benzene rings is 1. The molecule has 2 aromatic rings. The minimum absolute atomic E-state index is 0.311. The van der Waals surface area contributed by atoms with E-state index < -0.39 is 5.97 Å². The number of hydrogen-bond acceptors (Lipinski definition) is 3. The molecule has 0 fully saturated rings. The van der Waals surface area contributed by atoms with Gasteiger partial charge in [-0.3, -0.25) is 0 Å². The van der Waals surface area contributed by atoms with Gasteiger partial charge in [-0.1, -0.05) is 29.3 Å². The number of carbonyl (C=O) groups is 1. The van der Waals surface area contributed by atoms with Crippen molar-refractivity contribution >= 4 is 35.2 Å². The zero-order chi connectivity index (χ0) is 14.5. The smallest absolute Gasteiger partial charge is 0.328 e. The lowest BCUT2D eigenvalue weighted by molar-refractivity contribution is -0.131. The maximum Gasteiger partial charge on any atom is 0.328 e. The van der Waals surface area contributed by atoms with Gasteiger partial charge in [0, 0.05) is 18.3 Å². The molecule has 20 heavy (non-hydrogen) atoms. The van der Waals surface area contributed by atoms with Crippen LogP contribution >= 0.6 is 23.2 Å². The summed E-state index contributed by atoms with van der Waals surface area (Å²) in [4.78, 5) is 14.4. The Kier molecular flexibility index (Phi) is 4.61. The van der Waals surface area contributed by atoms with Crippen molar-refractivity contribution in [2.75, 3.05) is 0 Å². The summed E-state index contributed by atoms with van der Waals surface area (Å²) in [6, 6.07) is 8.34. The number of ether oxygens (including phenoxy) is 1. The van der Waals surface area contributed by atoms with Gasteiger partial charge in [-0.25, -0.2) is 9.78 Å². The van der Waals surface area contributed by atoms with E-state index in [1.165, 1.54) is 12.3 Å². The zero-order valence-corrected chi connectivity index (χ0v) is 11.6. The van der Waals surface area contributed by atoms with E-state index in [-0.39, 0.29) is 0 Å². The van der Waals surface area contributed by atoms with Crippen LogP contribution in [0, 0.1) is 0 Å². The minimum atomic E-state index is -1.02. The van der Waals surface area contributed by atoms with Crippen LogP contribution in [0.5, 0.6) is 11.6 Å². The van der Waals surface area contributed by atoms with Crippen LogP contribution in [0.2, 0.25) is 10.0 Å². The zero-order valence-electron chi connectivity index (χ0n) is 10.1. The summed E-state index contributed by atoms with van der Waals surface area (Å²) in [5.41, 5.74) is 0.650. The maximum atomic E-state index is 10.4. The monoisotopic (exact) mass is 309 g/mol. The number of rotatable bonds is 4. The molecule has 1 aromatic heterocycles. The highest BCUT2D eigenvalue weighted by atomic mass is 35.5. The molecule has 0 atom stereocenters. The lowest BCUT2D eigenvalue weighted by Crippen LogP contribution is -1.90. The minimum Gasteiger partial charge on any atom is -0.478 e. The number of hydrogen-bond donors (Lipinski definition) is 1. The molecular formula is C14H9Cl2NO3. The number of carboxylic acids is 1. The normalized spacial score (nSPS) is 10.7.